The number of hydrogen-bond acceptors (Lipinski definition) is 5. The Bertz CT molecular complexity index is 909. The number of rotatable bonds is 9. The van der Waals surface area contributed by atoms with E-state index < -0.39 is 0 Å². The van der Waals surface area contributed by atoms with Crippen LogP contribution >= 0.6 is 0 Å². The van der Waals surface area contributed by atoms with Gasteiger partial charge in [-0.15, -0.1) is 0 Å². The molecular weight excluding hydrogens is 354 g/mol. The van der Waals surface area contributed by atoms with Crippen LogP contribution in [0.3, 0.4) is 0 Å². The third-order valence-corrected chi connectivity index (χ3v) is 4.07. The molecule has 0 saturated heterocycles. The minimum Gasteiger partial charge on any atom is -0.497 e. The zero-order valence-electron chi connectivity index (χ0n) is 16.0. The average Bonchev–Trinajstić information content (AvgIpc) is 2.76. The van der Waals surface area contributed by atoms with Crippen LogP contribution in [0.15, 0.2) is 78.0 Å². The molecule has 5 nitrogen and oxygen atoms in total. The lowest BCUT2D eigenvalue weighted by atomic mass is 10.2. The first kappa shape index (κ1) is 19.3. The molecule has 3 rings (SSSR count). The van der Waals surface area contributed by atoms with Crippen molar-refractivity contribution in [3.8, 4) is 17.2 Å². The number of methoxy groups -OCH3 is 2. The highest BCUT2D eigenvalue weighted by atomic mass is 16.6. The van der Waals surface area contributed by atoms with Crippen molar-refractivity contribution in [2.75, 3.05) is 14.2 Å². The van der Waals surface area contributed by atoms with Crippen molar-refractivity contribution in [1.29, 1.82) is 0 Å². The van der Waals surface area contributed by atoms with Gasteiger partial charge in [0.2, 0.25) is 0 Å². The molecular formula is C23H23NO4. The third kappa shape index (κ3) is 5.51. The summed E-state index contributed by atoms with van der Waals surface area (Å²) in [5.74, 6) is 2.12. The van der Waals surface area contributed by atoms with Crippen LogP contribution in [0.2, 0.25) is 0 Å². The summed E-state index contributed by atoms with van der Waals surface area (Å²) in [5.41, 5.74) is 2.94. The summed E-state index contributed by atoms with van der Waals surface area (Å²) < 4.78 is 16.5. The van der Waals surface area contributed by atoms with E-state index in [1.807, 2.05) is 72.8 Å². The predicted molar refractivity (Wildman–Crippen MR) is 109 cm³/mol. The molecule has 28 heavy (non-hydrogen) atoms. The van der Waals surface area contributed by atoms with Crippen LogP contribution in [0, 0.1) is 0 Å². The van der Waals surface area contributed by atoms with Crippen LogP contribution in [0.1, 0.15) is 16.7 Å². The smallest absolute Gasteiger partial charge is 0.161 e. The van der Waals surface area contributed by atoms with Gasteiger partial charge in [0.25, 0.3) is 0 Å². The summed E-state index contributed by atoms with van der Waals surface area (Å²) in [7, 11) is 3.25. The Labute approximate surface area is 165 Å². The normalized spacial score (nSPS) is 10.6. The molecule has 144 valence electrons. The molecule has 0 aliphatic carbocycles. The first-order valence-electron chi connectivity index (χ1n) is 8.91. The molecule has 0 atom stereocenters. The lowest BCUT2D eigenvalue weighted by molar-refractivity contribution is 0.132. The van der Waals surface area contributed by atoms with E-state index in [0.29, 0.717) is 24.7 Å². The van der Waals surface area contributed by atoms with Gasteiger partial charge in [0.05, 0.1) is 20.4 Å². The Balaban J connectivity index is 1.57. The summed E-state index contributed by atoms with van der Waals surface area (Å²) >= 11 is 0. The number of hydrogen-bond donors (Lipinski definition) is 0. The fourth-order valence-electron chi connectivity index (χ4n) is 2.59. The average molecular weight is 377 g/mol. The second-order valence-corrected chi connectivity index (χ2v) is 6.04. The molecule has 0 aliphatic rings. The van der Waals surface area contributed by atoms with Crippen molar-refractivity contribution in [3.63, 3.8) is 0 Å². The highest BCUT2D eigenvalue weighted by Gasteiger charge is 2.05. The first-order chi connectivity index (χ1) is 13.8. The van der Waals surface area contributed by atoms with Gasteiger partial charge in [-0.25, -0.2) is 0 Å². The Morgan fingerprint density at radius 3 is 2.36 bits per heavy atom. The van der Waals surface area contributed by atoms with Gasteiger partial charge in [0.15, 0.2) is 11.5 Å². The molecule has 0 aromatic heterocycles. The molecule has 0 heterocycles. The monoisotopic (exact) mass is 377 g/mol. The standard InChI is InChI=1S/C23H23NO4/c1-25-21-10-6-9-20(13-21)17-28-24-15-19-11-12-22(23(14-19)26-2)27-16-18-7-4-3-5-8-18/h3-15H,16-17H2,1-2H3/b24-15-. The van der Waals surface area contributed by atoms with Gasteiger partial charge in [0.1, 0.15) is 19.0 Å². The second kappa shape index (κ2) is 10.0. The molecule has 0 fully saturated rings. The van der Waals surface area contributed by atoms with Crippen molar-refractivity contribution in [2.45, 2.75) is 13.2 Å². The minimum absolute atomic E-state index is 0.364. The maximum atomic E-state index is 5.86. The maximum absolute atomic E-state index is 5.86. The van der Waals surface area contributed by atoms with Crippen LogP contribution in [0.4, 0.5) is 0 Å². The maximum Gasteiger partial charge on any atom is 0.161 e. The number of oxime groups is 1. The lowest BCUT2D eigenvalue weighted by Gasteiger charge is -2.11. The molecule has 3 aromatic rings. The number of ether oxygens (including phenoxy) is 3. The molecule has 0 unspecified atom stereocenters. The van der Waals surface area contributed by atoms with Crippen molar-refractivity contribution in [1.82, 2.24) is 0 Å². The van der Waals surface area contributed by atoms with Crippen molar-refractivity contribution in [2.24, 2.45) is 5.16 Å². The Morgan fingerprint density at radius 2 is 1.57 bits per heavy atom. The van der Waals surface area contributed by atoms with Gasteiger partial charge in [0, 0.05) is 5.56 Å². The Hall–Kier alpha value is -3.47. The highest BCUT2D eigenvalue weighted by molar-refractivity contribution is 5.80. The van der Waals surface area contributed by atoms with E-state index in [1.54, 1.807) is 20.4 Å². The van der Waals surface area contributed by atoms with E-state index in [4.69, 9.17) is 19.0 Å². The summed E-state index contributed by atoms with van der Waals surface area (Å²) in [4.78, 5) is 5.37. The SMILES string of the molecule is COc1cccc(CO/N=C\c2ccc(OCc3ccccc3)c(OC)c2)c1. The van der Waals surface area contributed by atoms with E-state index >= 15 is 0 Å². The Kier molecular flexibility index (Phi) is 6.90. The van der Waals surface area contributed by atoms with E-state index in [-0.39, 0.29) is 0 Å². The highest BCUT2D eigenvalue weighted by Crippen LogP contribution is 2.28. The molecule has 0 N–H and O–H groups in total. The number of nitrogens with zero attached hydrogens (tertiary/aromatic N) is 1. The van der Waals surface area contributed by atoms with E-state index in [1.165, 1.54) is 0 Å². The van der Waals surface area contributed by atoms with E-state index in [2.05, 4.69) is 5.16 Å². The molecule has 0 spiro atoms. The van der Waals surface area contributed by atoms with Crippen LogP contribution in [0.5, 0.6) is 17.2 Å². The minimum atomic E-state index is 0.364. The lowest BCUT2D eigenvalue weighted by Crippen LogP contribution is -1.98. The molecule has 0 saturated carbocycles. The van der Waals surface area contributed by atoms with E-state index in [0.717, 1.165) is 22.4 Å². The van der Waals surface area contributed by atoms with Gasteiger partial charge >= 0.3 is 0 Å². The van der Waals surface area contributed by atoms with Gasteiger partial charge in [-0.05, 0) is 41.5 Å². The van der Waals surface area contributed by atoms with Crippen LogP contribution in [-0.4, -0.2) is 20.4 Å². The van der Waals surface area contributed by atoms with Gasteiger partial charge in [-0.3, -0.25) is 0 Å². The summed E-state index contributed by atoms with van der Waals surface area (Å²) in [6.45, 7) is 0.845. The topological polar surface area (TPSA) is 49.3 Å². The van der Waals surface area contributed by atoms with E-state index in [9.17, 15) is 0 Å². The summed E-state index contributed by atoms with van der Waals surface area (Å²) in [6, 6.07) is 23.3. The van der Waals surface area contributed by atoms with Crippen LogP contribution in [-0.2, 0) is 18.1 Å². The molecule has 5 heteroatoms. The van der Waals surface area contributed by atoms with Gasteiger partial charge in [-0.1, -0.05) is 47.6 Å². The zero-order chi connectivity index (χ0) is 19.6. The van der Waals surface area contributed by atoms with Gasteiger partial charge in [-0.2, -0.15) is 0 Å². The second-order valence-electron chi connectivity index (χ2n) is 6.04. The summed E-state index contributed by atoms with van der Waals surface area (Å²) in [6.07, 6.45) is 1.64. The molecule has 0 bridgehead atoms. The van der Waals surface area contributed by atoms with Crippen molar-refractivity contribution >= 4 is 6.21 Å². The van der Waals surface area contributed by atoms with Crippen LogP contribution in [0.25, 0.3) is 0 Å². The van der Waals surface area contributed by atoms with Crippen molar-refractivity contribution < 1.29 is 19.0 Å². The fraction of sp³-hybridized carbons (Fsp3) is 0.174. The van der Waals surface area contributed by atoms with Crippen molar-refractivity contribution in [3.05, 3.63) is 89.5 Å². The molecule has 3 aromatic carbocycles. The first-order valence-corrected chi connectivity index (χ1v) is 8.91. The zero-order valence-corrected chi connectivity index (χ0v) is 16.0. The largest absolute Gasteiger partial charge is 0.497 e. The molecule has 0 radical (unpaired) electrons. The summed E-state index contributed by atoms with van der Waals surface area (Å²) in [5, 5.41) is 4.03. The third-order valence-electron chi connectivity index (χ3n) is 4.07. The molecule has 0 amide bonds. The van der Waals surface area contributed by atoms with Crippen LogP contribution < -0.4 is 14.2 Å². The Morgan fingerprint density at radius 1 is 0.750 bits per heavy atom. The quantitative estimate of drug-likeness (QED) is 0.396. The number of benzene rings is 3. The fourth-order valence-corrected chi connectivity index (χ4v) is 2.59. The van der Waals surface area contributed by atoms with Gasteiger partial charge < -0.3 is 19.0 Å². The predicted octanol–water partition coefficient (Wildman–Crippen LogP) is 4.83. The molecule has 0 aliphatic heterocycles.